The van der Waals surface area contributed by atoms with Gasteiger partial charge in [-0.25, -0.2) is 64.2 Å². The van der Waals surface area contributed by atoms with E-state index in [9.17, 15) is 4.39 Å². The van der Waals surface area contributed by atoms with Crippen LogP contribution >= 0.6 is 0 Å². The molecule has 14 heterocycles. The van der Waals surface area contributed by atoms with Crippen LogP contribution in [0.4, 0.5) is 39.3 Å². The first-order valence-electron chi connectivity index (χ1n) is 49.7. The van der Waals surface area contributed by atoms with Gasteiger partial charge in [0.1, 0.15) is 103 Å². The predicted molar refractivity (Wildman–Crippen MR) is 577 cm³/mol. The lowest BCUT2D eigenvalue weighted by molar-refractivity contribution is 0.300. The van der Waals surface area contributed by atoms with Gasteiger partial charge in [0.25, 0.3) is 0 Å². The highest BCUT2D eigenvalue weighted by Gasteiger charge is 2.21. The summed E-state index contributed by atoms with van der Waals surface area (Å²) in [6.07, 6.45) is 23.5. The van der Waals surface area contributed by atoms with Gasteiger partial charge in [-0.3, -0.25) is 4.68 Å². The summed E-state index contributed by atoms with van der Waals surface area (Å²) in [5.74, 6) is 12.3. The minimum atomic E-state index is -0.216. The molecule has 0 aliphatic carbocycles. The molecule has 0 fully saturated rings. The van der Waals surface area contributed by atoms with Crippen LogP contribution in [-0.2, 0) is 59.4 Å². The summed E-state index contributed by atoms with van der Waals surface area (Å²) >= 11 is 0. The molecule has 0 radical (unpaired) electrons. The van der Waals surface area contributed by atoms with Gasteiger partial charge in [-0.2, -0.15) is 5.10 Å². The molecule has 20 rings (SSSR count). The molecule has 0 saturated carbocycles. The Bertz CT molecular complexity index is 7290. The second-order valence-electron chi connectivity index (χ2n) is 35.6. The number of benzene rings is 6. The number of anilines is 6. The van der Waals surface area contributed by atoms with E-state index in [1.54, 1.807) is 23.9 Å². The van der Waals surface area contributed by atoms with Crippen LogP contribution in [0.3, 0.4) is 0 Å². The topological polar surface area (TPSA) is 319 Å². The second-order valence-corrected chi connectivity index (χ2v) is 35.6. The molecule has 0 aliphatic rings. The van der Waals surface area contributed by atoms with Crippen molar-refractivity contribution in [2.24, 2.45) is 7.05 Å². The SMILES string of the molecule is CCCCNc1nc(C)nc2c(C)cn(Cc3ccccc3)c12.CCCCNc1nc(C)nc2ccn(CCOc3ccccc3)c12.CCCCNc1nc(C)nc2ccn(Cc3ccc(F)cc3)c12.CCCCNc1nc(C)nc2ccn(Cc3ccc(OC)cc3)c12.Cc1nc(NCc2cc(C)on2)c2c(ccn2Cc2ccccc2)n1.Cc1nc(NCc2ccn(C)n2)c2c(ccn2Cc2ccccc2)n1. The quantitative estimate of drug-likeness (QED) is 0.0197. The molecule has 14 aromatic heterocycles. The van der Waals surface area contributed by atoms with Crippen molar-refractivity contribution in [3.63, 3.8) is 0 Å². The summed E-state index contributed by atoms with van der Waals surface area (Å²) < 4.78 is 44.1. The van der Waals surface area contributed by atoms with Gasteiger partial charge in [0.2, 0.25) is 0 Å². The number of hydrogen-bond acceptors (Lipinski definition) is 23. The maximum Gasteiger partial charge on any atom is 0.154 e. The van der Waals surface area contributed by atoms with Gasteiger partial charge in [0.05, 0.1) is 65.5 Å². The minimum Gasteiger partial charge on any atom is -0.497 e. The highest BCUT2D eigenvalue weighted by molar-refractivity contribution is 5.92. The first-order valence-corrected chi connectivity index (χ1v) is 49.7. The molecule has 30 nitrogen and oxygen atoms in total. The monoisotopic (exact) mass is 1930 g/mol. The molecule has 0 saturated heterocycles. The van der Waals surface area contributed by atoms with Crippen LogP contribution in [0.1, 0.15) is 165 Å². The van der Waals surface area contributed by atoms with Gasteiger partial charge in [0, 0.05) is 115 Å². The van der Waals surface area contributed by atoms with E-state index < -0.39 is 0 Å². The number of hydrogen-bond donors (Lipinski definition) is 6. The number of fused-ring (bicyclic) bond motifs is 6. The number of rotatable bonds is 37. The maximum absolute atomic E-state index is 13.1. The zero-order chi connectivity index (χ0) is 101. The minimum absolute atomic E-state index is 0.216. The van der Waals surface area contributed by atoms with E-state index in [-0.39, 0.29) is 5.82 Å². The standard InChI is InChI=1S/C19H20N6.C19H19N5O.2C19H24N4O.C19H24N4.C18H21FN4/c1-14-21-17-9-11-25(13-15-6-4-3-5-7-15)18(17)19(22-14)20-12-16-8-10-24(2)23-16;1-13-10-16(23-25-13)11-20-19-18-17(21-14(2)22-19)8-9-24(18)12-15-6-4-3-5-7-15;1-4-5-11-20-19-18-17(21-14(2)22-19)10-12-23(18)13-15-6-8-16(24-3)9-7-15;1-3-4-11-20-19-18-17(21-15(2)22-19)10-12-23(18)13-14-24-16-8-6-5-7-9-16;1-4-5-11-20-19-18-17(21-15(3)22-19)14(2)12-23(18)13-16-9-7-6-8-10-16;1-3-4-10-20-18-17-16(21-13(2)22-18)9-11-23(17)12-14-5-7-15(19)8-6-14/h3-11H,12-13H2,1-2H3,(H,20,21,22);3-10H,11-12H2,1-2H3,(H,20,21,22);6-10,12H,4-5,11,13H2,1-3H3,(H,20,21,22);5-10,12H,3-4,11,13-14H2,1-2H3,(H,20,21,22);6-10,12H,4-5,11,13H2,1-3H3,(H,20,21,22);5-9,11H,3-4,10,12H2,1-2H3,(H,20,21,22). The van der Waals surface area contributed by atoms with E-state index in [0.717, 1.165) is 274 Å². The molecular formula is C113H132FN27O3. The van der Waals surface area contributed by atoms with Crippen molar-refractivity contribution in [3.05, 3.63) is 347 Å². The van der Waals surface area contributed by atoms with Crippen molar-refractivity contribution in [2.75, 3.05) is 71.8 Å². The second kappa shape index (κ2) is 50.8. The molecule has 0 aliphatic heterocycles. The Morgan fingerprint density at radius 1 is 0.326 bits per heavy atom. The highest BCUT2D eigenvalue weighted by Crippen LogP contribution is 2.32. The Labute approximate surface area is 840 Å². The van der Waals surface area contributed by atoms with E-state index >= 15 is 0 Å². The van der Waals surface area contributed by atoms with Gasteiger partial charge < -0.3 is 73.3 Å². The van der Waals surface area contributed by atoms with Crippen molar-refractivity contribution in [1.29, 1.82) is 0 Å². The largest absolute Gasteiger partial charge is 0.497 e. The highest BCUT2D eigenvalue weighted by atomic mass is 19.1. The van der Waals surface area contributed by atoms with Crippen LogP contribution in [0.25, 0.3) is 66.2 Å². The van der Waals surface area contributed by atoms with Crippen LogP contribution in [0, 0.1) is 61.2 Å². The Kier molecular flexibility index (Phi) is 36.0. The summed E-state index contributed by atoms with van der Waals surface area (Å²) in [7, 11) is 3.60. The van der Waals surface area contributed by atoms with Crippen LogP contribution < -0.4 is 41.4 Å². The van der Waals surface area contributed by atoms with E-state index in [4.69, 9.17) is 14.0 Å². The molecule has 6 aromatic carbocycles. The molecule has 20 aromatic rings. The zero-order valence-electron chi connectivity index (χ0n) is 85.1. The summed E-state index contributed by atoms with van der Waals surface area (Å²) in [5.41, 5.74) is 21.1. The first kappa shape index (κ1) is 102. The van der Waals surface area contributed by atoms with Crippen LogP contribution in [0.2, 0.25) is 0 Å². The van der Waals surface area contributed by atoms with Crippen LogP contribution in [0.15, 0.2) is 260 Å². The van der Waals surface area contributed by atoms with Crippen molar-refractivity contribution < 1.29 is 18.4 Å². The molecule has 744 valence electrons. The lowest BCUT2D eigenvalue weighted by Gasteiger charge is -2.12. The van der Waals surface area contributed by atoms with Crippen LogP contribution in [0.5, 0.6) is 11.5 Å². The number of para-hydroxylation sites is 1. The summed E-state index contributed by atoms with van der Waals surface area (Å²) in [6, 6.07) is 70.0. The molecule has 0 unspecified atom stereocenters. The first-order chi connectivity index (χ1) is 70.2. The van der Waals surface area contributed by atoms with E-state index in [1.165, 1.54) is 46.4 Å². The number of halogens is 1. The number of methoxy groups -OCH3 is 1. The zero-order valence-corrected chi connectivity index (χ0v) is 85.1. The third-order valence-electron chi connectivity index (χ3n) is 23.9. The number of nitrogens with one attached hydrogen (secondary N) is 6. The Morgan fingerprint density at radius 3 is 1.02 bits per heavy atom. The molecule has 0 atom stereocenters. The molecule has 0 amide bonds. The van der Waals surface area contributed by atoms with E-state index in [0.29, 0.717) is 26.2 Å². The smallest absolute Gasteiger partial charge is 0.154 e. The fourth-order valence-electron chi connectivity index (χ4n) is 16.9. The van der Waals surface area contributed by atoms with Gasteiger partial charge in [-0.1, -0.05) is 192 Å². The number of aromatic nitrogens is 21. The Morgan fingerprint density at radius 2 is 0.660 bits per heavy atom. The summed E-state index contributed by atoms with van der Waals surface area (Å²) in [6.45, 7) is 34.4. The fourth-order valence-corrected chi connectivity index (χ4v) is 16.9. The molecule has 31 heteroatoms. The van der Waals surface area contributed by atoms with Crippen molar-refractivity contribution in [2.45, 2.75) is 187 Å². The maximum atomic E-state index is 13.1. The molecule has 144 heavy (non-hydrogen) atoms. The van der Waals surface area contributed by atoms with Gasteiger partial charge in [-0.05, 0) is 187 Å². The average molecular weight is 1940 g/mol. The number of unbranched alkanes of at least 4 members (excludes halogenated alkanes) is 4. The third kappa shape index (κ3) is 27.9. The van der Waals surface area contributed by atoms with Crippen LogP contribution in [-0.4, -0.2) is 142 Å². The third-order valence-corrected chi connectivity index (χ3v) is 23.9. The van der Waals surface area contributed by atoms with Crippen molar-refractivity contribution in [1.82, 2.24) is 102 Å². The molecule has 0 bridgehead atoms. The number of ether oxygens (including phenoxy) is 2. The van der Waals surface area contributed by atoms with E-state index in [1.807, 2.05) is 177 Å². The normalized spacial score (nSPS) is 11.0. The van der Waals surface area contributed by atoms with E-state index in [2.05, 4.69) is 274 Å². The molecule has 6 N–H and O–H groups in total. The fraction of sp³-hybridized carbons (Fsp3) is 0.310. The van der Waals surface area contributed by atoms with Gasteiger partial charge >= 0.3 is 0 Å². The molecule has 0 spiro atoms. The van der Waals surface area contributed by atoms with Crippen molar-refractivity contribution in [3.8, 4) is 11.5 Å². The lowest BCUT2D eigenvalue weighted by Crippen LogP contribution is -2.11. The number of nitrogens with zero attached hydrogens (tertiary/aromatic N) is 21. The van der Waals surface area contributed by atoms with Crippen molar-refractivity contribution >= 4 is 101 Å². The lowest BCUT2D eigenvalue weighted by atomic mass is 10.2. The average Bonchev–Trinajstić information content (AvgIpc) is 1.66. The van der Waals surface area contributed by atoms with Gasteiger partial charge in [0.15, 0.2) is 34.9 Å². The predicted octanol–water partition coefficient (Wildman–Crippen LogP) is 23.3. The van der Waals surface area contributed by atoms with Gasteiger partial charge in [-0.15, -0.1) is 0 Å². The number of aryl methyl sites for hydroxylation is 9. The summed E-state index contributed by atoms with van der Waals surface area (Å²) in [5, 5.41) is 29.1. The Hall–Kier alpha value is -16.2. The summed E-state index contributed by atoms with van der Waals surface area (Å²) in [4.78, 5) is 55.0. The molecular weight excluding hydrogens is 1800 g/mol. The Balaban J connectivity index is 0.000000130.